The van der Waals surface area contributed by atoms with Gasteiger partial charge in [-0.25, -0.2) is 4.68 Å². The molecule has 0 bridgehead atoms. The second-order valence-electron chi connectivity index (χ2n) is 4.66. The summed E-state index contributed by atoms with van der Waals surface area (Å²) in [5, 5.41) is 20.4. The molecule has 1 aromatic heterocycles. The number of carboxylic acid groups (broad SMARTS) is 1. The van der Waals surface area contributed by atoms with E-state index in [0.717, 1.165) is 17.1 Å². The molecule has 0 spiro atoms. The van der Waals surface area contributed by atoms with Gasteiger partial charge < -0.3 is 9.84 Å². The minimum Gasteiger partial charge on any atom is -0.492 e. The topological polar surface area (TPSA) is 90.1 Å². The number of hydrogen-bond donors (Lipinski definition) is 1. The van der Waals surface area contributed by atoms with Crippen LogP contribution in [0, 0.1) is 0 Å². The van der Waals surface area contributed by atoms with E-state index in [0.29, 0.717) is 19.6 Å². The second-order valence-corrected chi connectivity index (χ2v) is 4.66. The van der Waals surface area contributed by atoms with E-state index in [1.165, 1.54) is 0 Å². The van der Waals surface area contributed by atoms with Crippen molar-refractivity contribution in [2.75, 3.05) is 6.61 Å². The largest absolute Gasteiger partial charge is 0.492 e. The lowest BCUT2D eigenvalue weighted by atomic mass is 10.0. The SMILES string of the molecule is O=C(O)CCCn1nnnc1C1COc2ccccc21. The molecule has 1 N–H and O–H groups in total. The van der Waals surface area contributed by atoms with Crippen molar-refractivity contribution in [2.24, 2.45) is 0 Å². The third kappa shape index (κ3) is 2.34. The molecule has 1 atom stereocenters. The summed E-state index contributed by atoms with van der Waals surface area (Å²) < 4.78 is 7.30. The van der Waals surface area contributed by atoms with Crippen molar-refractivity contribution in [1.82, 2.24) is 20.2 Å². The van der Waals surface area contributed by atoms with Crippen LogP contribution in [-0.2, 0) is 11.3 Å². The maximum Gasteiger partial charge on any atom is 0.303 e. The van der Waals surface area contributed by atoms with Crippen molar-refractivity contribution in [3.05, 3.63) is 35.7 Å². The Morgan fingerprint density at radius 3 is 3.15 bits per heavy atom. The summed E-state index contributed by atoms with van der Waals surface area (Å²) in [6.45, 7) is 1.01. The molecule has 1 unspecified atom stereocenters. The number of carboxylic acids is 1. The Morgan fingerprint density at radius 2 is 2.30 bits per heavy atom. The molecule has 7 heteroatoms. The average molecular weight is 274 g/mol. The summed E-state index contributed by atoms with van der Waals surface area (Å²) in [6, 6.07) is 7.81. The van der Waals surface area contributed by atoms with Crippen LogP contribution in [0.1, 0.15) is 30.1 Å². The van der Waals surface area contributed by atoms with E-state index in [-0.39, 0.29) is 12.3 Å². The number of nitrogens with zero attached hydrogens (tertiary/aromatic N) is 4. The van der Waals surface area contributed by atoms with Crippen molar-refractivity contribution >= 4 is 5.97 Å². The maximum atomic E-state index is 10.6. The second kappa shape index (κ2) is 5.28. The lowest BCUT2D eigenvalue weighted by molar-refractivity contribution is -0.137. The van der Waals surface area contributed by atoms with Crippen LogP contribution in [0.2, 0.25) is 0 Å². The summed E-state index contributed by atoms with van der Waals surface area (Å²) in [4.78, 5) is 10.6. The van der Waals surface area contributed by atoms with Crippen LogP contribution >= 0.6 is 0 Å². The predicted molar refractivity (Wildman–Crippen MR) is 68.5 cm³/mol. The molecule has 0 aliphatic carbocycles. The molecule has 1 aliphatic rings. The van der Waals surface area contributed by atoms with Gasteiger partial charge in [0.25, 0.3) is 0 Å². The van der Waals surface area contributed by atoms with Crippen molar-refractivity contribution < 1.29 is 14.6 Å². The Balaban J connectivity index is 1.79. The molecule has 0 fully saturated rings. The third-order valence-electron chi connectivity index (χ3n) is 3.33. The number of tetrazole rings is 1. The molecule has 20 heavy (non-hydrogen) atoms. The number of rotatable bonds is 5. The zero-order chi connectivity index (χ0) is 13.9. The molecule has 2 aromatic rings. The molecule has 7 nitrogen and oxygen atoms in total. The number of hydrogen-bond acceptors (Lipinski definition) is 5. The van der Waals surface area contributed by atoms with Gasteiger partial charge in [0.15, 0.2) is 5.82 Å². The Hall–Kier alpha value is -2.44. The smallest absolute Gasteiger partial charge is 0.303 e. The van der Waals surface area contributed by atoms with Gasteiger partial charge in [0.2, 0.25) is 0 Å². The van der Waals surface area contributed by atoms with E-state index >= 15 is 0 Å². The van der Waals surface area contributed by atoms with E-state index in [4.69, 9.17) is 9.84 Å². The van der Waals surface area contributed by atoms with Gasteiger partial charge in [0, 0.05) is 18.5 Å². The van der Waals surface area contributed by atoms with Crippen molar-refractivity contribution in [2.45, 2.75) is 25.3 Å². The zero-order valence-electron chi connectivity index (χ0n) is 10.8. The number of aliphatic carboxylic acids is 1. The number of aromatic nitrogens is 4. The Morgan fingerprint density at radius 1 is 1.45 bits per heavy atom. The molecule has 0 amide bonds. The minimum absolute atomic E-state index is 0.00558. The van der Waals surface area contributed by atoms with E-state index < -0.39 is 5.97 Å². The number of aryl methyl sites for hydroxylation is 1. The van der Waals surface area contributed by atoms with Crippen LogP contribution in [0.5, 0.6) is 5.75 Å². The average Bonchev–Trinajstić information content (AvgIpc) is 3.04. The first-order valence-corrected chi connectivity index (χ1v) is 6.45. The lowest BCUT2D eigenvalue weighted by Gasteiger charge is -2.08. The van der Waals surface area contributed by atoms with Gasteiger partial charge in [-0.2, -0.15) is 0 Å². The van der Waals surface area contributed by atoms with E-state index in [1.54, 1.807) is 4.68 Å². The first-order chi connectivity index (χ1) is 9.75. The van der Waals surface area contributed by atoms with Gasteiger partial charge in [0.1, 0.15) is 12.4 Å². The highest BCUT2D eigenvalue weighted by molar-refractivity contribution is 5.66. The number of fused-ring (bicyclic) bond motifs is 1. The number of ether oxygens (including phenoxy) is 1. The van der Waals surface area contributed by atoms with Crippen LogP contribution in [0.4, 0.5) is 0 Å². The fourth-order valence-corrected chi connectivity index (χ4v) is 2.38. The van der Waals surface area contributed by atoms with Crippen LogP contribution in [-0.4, -0.2) is 37.9 Å². The Bertz CT molecular complexity index is 626. The first kappa shape index (κ1) is 12.6. The zero-order valence-corrected chi connectivity index (χ0v) is 10.8. The van der Waals surface area contributed by atoms with Crippen LogP contribution in [0.25, 0.3) is 0 Å². The molecule has 1 aromatic carbocycles. The van der Waals surface area contributed by atoms with Crippen molar-refractivity contribution in [1.29, 1.82) is 0 Å². The monoisotopic (exact) mass is 274 g/mol. The summed E-state index contributed by atoms with van der Waals surface area (Å²) in [7, 11) is 0. The molecule has 0 saturated carbocycles. The van der Waals surface area contributed by atoms with Crippen LogP contribution in [0.3, 0.4) is 0 Å². The normalized spacial score (nSPS) is 16.7. The maximum absolute atomic E-state index is 10.6. The van der Waals surface area contributed by atoms with Gasteiger partial charge in [-0.1, -0.05) is 18.2 Å². The van der Waals surface area contributed by atoms with Crippen LogP contribution in [0.15, 0.2) is 24.3 Å². The highest BCUT2D eigenvalue weighted by Gasteiger charge is 2.29. The van der Waals surface area contributed by atoms with Gasteiger partial charge in [-0.3, -0.25) is 4.79 Å². The highest BCUT2D eigenvalue weighted by Crippen LogP contribution is 2.36. The number of para-hydroxylation sites is 1. The lowest BCUT2D eigenvalue weighted by Crippen LogP contribution is -2.13. The van der Waals surface area contributed by atoms with Crippen LogP contribution < -0.4 is 4.74 Å². The van der Waals surface area contributed by atoms with Gasteiger partial charge >= 0.3 is 5.97 Å². The fourth-order valence-electron chi connectivity index (χ4n) is 2.38. The predicted octanol–water partition coefficient (Wildman–Crippen LogP) is 1.06. The molecule has 0 radical (unpaired) electrons. The molecular formula is C13H14N4O3. The van der Waals surface area contributed by atoms with E-state index in [1.807, 2.05) is 24.3 Å². The fraction of sp³-hybridized carbons (Fsp3) is 0.385. The summed E-state index contributed by atoms with van der Waals surface area (Å²) in [6.07, 6.45) is 0.611. The molecule has 2 heterocycles. The number of carbonyl (C=O) groups is 1. The quantitative estimate of drug-likeness (QED) is 0.876. The van der Waals surface area contributed by atoms with Gasteiger partial charge in [0.05, 0.1) is 5.92 Å². The Labute approximate surface area is 115 Å². The summed E-state index contributed by atoms with van der Waals surface area (Å²) in [5.74, 6) is 0.776. The first-order valence-electron chi connectivity index (χ1n) is 6.45. The van der Waals surface area contributed by atoms with Gasteiger partial charge in [-0.15, -0.1) is 5.10 Å². The molecular weight excluding hydrogens is 260 g/mol. The minimum atomic E-state index is -0.811. The Kier molecular flexibility index (Phi) is 3.32. The van der Waals surface area contributed by atoms with Crippen molar-refractivity contribution in [3.8, 4) is 5.75 Å². The van der Waals surface area contributed by atoms with Gasteiger partial charge in [-0.05, 0) is 22.9 Å². The highest BCUT2D eigenvalue weighted by atomic mass is 16.5. The molecule has 0 saturated heterocycles. The molecule has 3 rings (SSSR count). The van der Waals surface area contributed by atoms with E-state index in [2.05, 4.69) is 15.5 Å². The standard InChI is InChI=1S/C13H14N4O3/c18-12(19)6-3-7-17-13(14-15-16-17)10-8-20-11-5-2-1-4-9(10)11/h1-2,4-5,10H,3,6-8H2,(H,18,19). The van der Waals surface area contributed by atoms with Crippen molar-refractivity contribution in [3.63, 3.8) is 0 Å². The number of benzene rings is 1. The molecule has 1 aliphatic heterocycles. The summed E-state index contributed by atoms with van der Waals surface area (Å²) >= 11 is 0. The third-order valence-corrected chi connectivity index (χ3v) is 3.33. The van der Waals surface area contributed by atoms with E-state index in [9.17, 15) is 4.79 Å². The molecule has 104 valence electrons. The summed E-state index contributed by atoms with van der Waals surface area (Å²) in [5.41, 5.74) is 1.07.